The van der Waals surface area contributed by atoms with Gasteiger partial charge in [0.1, 0.15) is 15.5 Å². The Morgan fingerprint density at radius 2 is 2.12 bits per heavy atom. The third-order valence-electron chi connectivity index (χ3n) is 1.93. The van der Waals surface area contributed by atoms with E-state index in [0.717, 1.165) is 0 Å². The molecule has 0 aliphatic carbocycles. The van der Waals surface area contributed by atoms with Crippen LogP contribution in [0.25, 0.3) is 5.82 Å². The minimum atomic E-state index is -0.638. The lowest BCUT2D eigenvalue weighted by molar-refractivity contribution is 0.0993. The third kappa shape index (κ3) is 2.43. The number of nitrogens with zero attached hydrogens (tertiary/aromatic N) is 3. The van der Waals surface area contributed by atoms with Crippen molar-refractivity contribution >= 4 is 45.0 Å². The first-order valence-electron chi connectivity index (χ1n) is 4.37. The van der Waals surface area contributed by atoms with Gasteiger partial charge in [-0.2, -0.15) is 5.10 Å². The van der Waals surface area contributed by atoms with Gasteiger partial charge in [-0.3, -0.25) is 4.79 Å². The number of hydrogen-bond acceptors (Lipinski definition) is 3. The third-order valence-corrected chi connectivity index (χ3v) is 2.82. The van der Waals surface area contributed by atoms with Crippen LogP contribution in [0.15, 0.2) is 22.8 Å². The van der Waals surface area contributed by atoms with Gasteiger partial charge in [-0.1, -0.05) is 23.2 Å². The van der Waals surface area contributed by atoms with Crippen LogP contribution < -0.4 is 5.73 Å². The molecule has 0 spiro atoms. The van der Waals surface area contributed by atoms with E-state index >= 15 is 0 Å². The van der Waals surface area contributed by atoms with E-state index in [1.54, 1.807) is 6.07 Å². The van der Waals surface area contributed by atoms with Gasteiger partial charge < -0.3 is 5.73 Å². The van der Waals surface area contributed by atoms with Gasteiger partial charge in [0.2, 0.25) is 0 Å². The number of pyridine rings is 1. The molecule has 2 aromatic rings. The highest BCUT2D eigenvalue weighted by atomic mass is 79.9. The van der Waals surface area contributed by atoms with E-state index < -0.39 is 5.91 Å². The minimum absolute atomic E-state index is 0.161. The van der Waals surface area contributed by atoms with Crippen LogP contribution in [0.3, 0.4) is 0 Å². The van der Waals surface area contributed by atoms with Crippen molar-refractivity contribution in [3.05, 3.63) is 38.7 Å². The summed E-state index contributed by atoms with van der Waals surface area (Å²) < 4.78 is 1.69. The molecule has 0 fully saturated rings. The molecule has 1 amide bonds. The van der Waals surface area contributed by atoms with Gasteiger partial charge >= 0.3 is 0 Å². The lowest BCUT2D eigenvalue weighted by atomic mass is 10.4. The minimum Gasteiger partial charge on any atom is -0.364 e. The van der Waals surface area contributed by atoms with Gasteiger partial charge in [-0.25, -0.2) is 9.67 Å². The van der Waals surface area contributed by atoms with Crippen molar-refractivity contribution in [2.75, 3.05) is 0 Å². The summed E-state index contributed by atoms with van der Waals surface area (Å²) in [5.74, 6) is -0.389. The zero-order chi connectivity index (χ0) is 12.6. The van der Waals surface area contributed by atoms with Gasteiger partial charge in [0.05, 0.1) is 5.02 Å². The highest BCUT2D eigenvalue weighted by molar-refractivity contribution is 9.10. The van der Waals surface area contributed by atoms with Gasteiger partial charge in [-0.15, -0.1) is 0 Å². The van der Waals surface area contributed by atoms with Crippen molar-refractivity contribution in [2.24, 2.45) is 5.73 Å². The molecule has 0 bridgehead atoms. The average Bonchev–Trinajstić information content (AvgIpc) is 2.64. The highest BCUT2D eigenvalue weighted by Crippen LogP contribution is 2.23. The number of aromatic nitrogens is 3. The maximum Gasteiger partial charge on any atom is 0.267 e. The molecule has 0 saturated heterocycles. The summed E-state index contributed by atoms with van der Waals surface area (Å²) in [6.45, 7) is 0. The van der Waals surface area contributed by atoms with Crippen LogP contribution in [0, 0.1) is 0 Å². The summed E-state index contributed by atoms with van der Waals surface area (Å²) in [7, 11) is 0. The van der Waals surface area contributed by atoms with Crippen molar-refractivity contribution in [2.45, 2.75) is 0 Å². The van der Waals surface area contributed by atoms with Crippen LogP contribution in [0.1, 0.15) is 10.5 Å². The maximum absolute atomic E-state index is 11.2. The topological polar surface area (TPSA) is 73.8 Å². The zero-order valence-electron chi connectivity index (χ0n) is 8.19. The quantitative estimate of drug-likeness (QED) is 0.856. The molecule has 0 aliphatic rings. The number of hydrogen-bond donors (Lipinski definition) is 1. The Kier molecular flexibility index (Phi) is 3.37. The van der Waals surface area contributed by atoms with Crippen LogP contribution >= 0.6 is 39.1 Å². The Labute approximate surface area is 115 Å². The number of rotatable bonds is 2. The summed E-state index contributed by atoms with van der Waals surface area (Å²) >= 11 is 14.9. The highest BCUT2D eigenvalue weighted by Gasteiger charge is 2.16. The Bertz CT molecular complexity index is 599. The molecular weight excluding hydrogens is 331 g/mol. The van der Waals surface area contributed by atoms with Crippen molar-refractivity contribution in [3.63, 3.8) is 0 Å². The van der Waals surface area contributed by atoms with E-state index in [1.807, 2.05) is 0 Å². The lowest BCUT2D eigenvalue weighted by Crippen LogP contribution is -2.17. The number of halogens is 3. The number of primary amides is 1. The van der Waals surface area contributed by atoms with E-state index in [-0.39, 0.29) is 16.7 Å². The Balaban J connectivity index is 2.67. The van der Waals surface area contributed by atoms with Crippen LogP contribution in [-0.4, -0.2) is 20.7 Å². The fraction of sp³-hybridized carbons (Fsp3) is 0. The molecule has 0 unspecified atom stereocenters. The Morgan fingerprint density at radius 1 is 1.41 bits per heavy atom. The smallest absolute Gasteiger partial charge is 0.267 e. The van der Waals surface area contributed by atoms with Crippen molar-refractivity contribution in [3.8, 4) is 5.82 Å². The number of amides is 1. The molecule has 17 heavy (non-hydrogen) atoms. The summed E-state index contributed by atoms with van der Waals surface area (Å²) in [6.07, 6.45) is 0. The van der Waals surface area contributed by atoms with Crippen molar-refractivity contribution in [1.29, 1.82) is 0 Å². The molecule has 5 nitrogen and oxygen atoms in total. The molecular formula is C9H5BrCl2N4O. The predicted octanol–water partition coefficient (Wildman–Crippen LogP) is 2.44. The van der Waals surface area contributed by atoms with E-state index in [9.17, 15) is 4.79 Å². The normalized spacial score (nSPS) is 10.5. The number of nitrogens with two attached hydrogens (primary N) is 1. The molecule has 0 atom stereocenters. The van der Waals surface area contributed by atoms with Crippen LogP contribution in [-0.2, 0) is 0 Å². The first-order chi connectivity index (χ1) is 7.99. The molecule has 8 heteroatoms. The Morgan fingerprint density at radius 3 is 2.76 bits per heavy atom. The van der Waals surface area contributed by atoms with Crippen LogP contribution in [0.5, 0.6) is 0 Å². The molecule has 2 N–H and O–H groups in total. The fourth-order valence-electron chi connectivity index (χ4n) is 1.25. The number of carbonyl (C=O) groups excluding carboxylic acids is 1. The SMILES string of the molecule is NC(=O)c1cc(Br)nn1-c1nc(Cl)ccc1Cl. The molecule has 88 valence electrons. The molecule has 2 rings (SSSR count). The Hall–Kier alpha value is -1.11. The van der Waals surface area contributed by atoms with Gasteiger partial charge in [0.15, 0.2) is 5.82 Å². The predicted molar refractivity (Wildman–Crippen MR) is 67.6 cm³/mol. The molecule has 0 aliphatic heterocycles. The van der Waals surface area contributed by atoms with E-state index in [4.69, 9.17) is 28.9 Å². The second-order valence-electron chi connectivity index (χ2n) is 3.07. The monoisotopic (exact) mass is 334 g/mol. The van der Waals surface area contributed by atoms with E-state index in [2.05, 4.69) is 26.0 Å². The summed E-state index contributed by atoms with van der Waals surface area (Å²) in [5.41, 5.74) is 5.39. The van der Waals surface area contributed by atoms with Crippen molar-refractivity contribution < 1.29 is 4.79 Å². The maximum atomic E-state index is 11.2. The second kappa shape index (κ2) is 4.64. The van der Waals surface area contributed by atoms with Crippen LogP contribution in [0.4, 0.5) is 0 Å². The number of carbonyl (C=O) groups is 1. The van der Waals surface area contributed by atoms with Gasteiger partial charge in [0.25, 0.3) is 5.91 Å². The molecule has 0 aromatic carbocycles. The molecule has 2 aromatic heterocycles. The first-order valence-corrected chi connectivity index (χ1v) is 5.91. The first kappa shape index (κ1) is 12.3. The van der Waals surface area contributed by atoms with E-state index in [1.165, 1.54) is 16.8 Å². The lowest BCUT2D eigenvalue weighted by Gasteiger charge is -2.05. The van der Waals surface area contributed by atoms with E-state index in [0.29, 0.717) is 9.63 Å². The van der Waals surface area contributed by atoms with Crippen LogP contribution in [0.2, 0.25) is 10.2 Å². The van der Waals surface area contributed by atoms with Crippen molar-refractivity contribution in [1.82, 2.24) is 14.8 Å². The summed E-state index contributed by atoms with van der Waals surface area (Å²) in [4.78, 5) is 15.2. The summed E-state index contributed by atoms with van der Waals surface area (Å²) in [6, 6.07) is 4.57. The zero-order valence-corrected chi connectivity index (χ0v) is 11.3. The standard InChI is InChI=1S/C9H5BrCl2N4O/c10-6-3-5(8(13)17)16(15-6)9-4(11)1-2-7(12)14-9/h1-3H,(H2,13,17). The molecule has 0 radical (unpaired) electrons. The van der Waals surface area contributed by atoms with Gasteiger partial charge in [0, 0.05) is 6.07 Å². The largest absolute Gasteiger partial charge is 0.364 e. The summed E-state index contributed by atoms with van der Waals surface area (Å²) in [5, 5.41) is 4.59. The fourth-order valence-corrected chi connectivity index (χ4v) is 1.95. The average molecular weight is 336 g/mol. The van der Waals surface area contributed by atoms with Gasteiger partial charge in [-0.05, 0) is 28.1 Å². The molecule has 2 heterocycles. The second-order valence-corrected chi connectivity index (χ2v) is 4.67. The molecule has 0 saturated carbocycles.